The van der Waals surface area contributed by atoms with Gasteiger partial charge in [0.25, 0.3) is 0 Å². The van der Waals surface area contributed by atoms with E-state index in [0.717, 1.165) is 6.07 Å². The van der Waals surface area contributed by atoms with E-state index in [-0.39, 0.29) is 17.3 Å². The number of amides is 1. The molecule has 1 N–H and O–H groups in total. The normalized spacial score (nSPS) is 11.0. The standard InChI is InChI=1S/C17H12ClF4N3O/c1-25(12-4-2-11(19)3-5-12)16(26)9-24-15-7-10(18)6-14(13(15)8-23)17(20,21)22/h2-7,24H,9H2,1H3. The molecule has 1 amide bonds. The molecule has 0 aliphatic heterocycles. The van der Waals surface area contributed by atoms with Gasteiger partial charge in [-0.3, -0.25) is 4.79 Å². The van der Waals surface area contributed by atoms with Gasteiger partial charge in [0.1, 0.15) is 11.9 Å². The van der Waals surface area contributed by atoms with Crippen molar-refractivity contribution in [1.82, 2.24) is 0 Å². The molecule has 0 fully saturated rings. The topological polar surface area (TPSA) is 56.1 Å². The van der Waals surface area contributed by atoms with Crippen LogP contribution < -0.4 is 10.2 Å². The Morgan fingerprint density at radius 3 is 2.42 bits per heavy atom. The van der Waals surface area contributed by atoms with E-state index in [1.165, 1.54) is 42.3 Å². The number of carbonyl (C=O) groups is 1. The van der Waals surface area contributed by atoms with Gasteiger partial charge in [-0.1, -0.05) is 11.6 Å². The third kappa shape index (κ3) is 4.43. The van der Waals surface area contributed by atoms with Crippen LogP contribution in [0.3, 0.4) is 0 Å². The summed E-state index contributed by atoms with van der Waals surface area (Å²) in [6, 6.07) is 8.39. The summed E-state index contributed by atoms with van der Waals surface area (Å²) in [7, 11) is 1.43. The number of carbonyl (C=O) groups excluding carboxylic acids is 1. The van der Waals surface area contributed by atoms with Crippen molar-refractivity contribution in [2.45, 2.75) is 6.18 Å². The minimum Gasteiger partial charge on any atom is -0.375 e. The highest BCUT2D eigenvalue weighted by atomic mass is 35.5. The van der Waals surface area contributed by atoms with Crippen molar-refractivity contribution in [1.29, 1.82) is 5.26 Å². The van der Waals surface area contributed by atoms with Crippen molar-refractivity contribution in [3.8, 4) is 6.07 Å². The SMILES string of the molecule is CN(C(=O)CNc1cc(Cl)cc(C(F)(F)F)c1C#N)c1ccc(F)cc1. The molecular formula is C17H12ClF4N3O. The number of nitrogens with zero attached hydrogens (tertiary/aromatic N) is 2. The summed E-state index contributed by atoms with van der Waals surface area (Å²) in [5.74, 6) is -0.973. The maximum absolute atomic E-state index is 13.0. The minimum absolute atomic E-state index is 0.201. The fraction of sp³-hybridized carbons (Fsp3) is 0.176. The van der Waals surface area contributed by atoms with Crippen LogP contribution in [0.2, 0.25) is 5.02 Å². The predicted molar refractivity (Wildman–Crippen MR) is 89.5 cm³/mol. The zero-order valence-electron chi connectivity index (χ0n) is 13.4. The van der Waals surface area contributed by atoms with E-state index in [2.05, 4.69) is 5.32 Å². The second-order valence-electron chi connectivity index (χ2n) is 5.27. The molecule has 0 unspecified atom stereocenters. The Hall–Kier alpha value is -2.79. The lowest BCUT2D eigenvalue weighted by atomic mass is 10.1. The number of likely N-dealkylation sites (N-methyl/N-ethyl adjacent to an activating group) is 1. The number of alkyl halides is 3. The highest BCUT2D eigenvalue weighted by Gasteiger charge is 2.35. The Kier molecular flexibility index (Phi) is 5.73. The van der Waals surface area contributed by atoms with Crippen LogP contribution >= 0.6 is 11.6 Å². The van der Waals surface area contributed by atoms with Gasteiger partial charge >= 0.3 is 6.18 Å². The van der Waals surface area contributed by atoms with Crippen LogP contribution in [0.25, 0.3) is 0 Å². The van der Waals surface area contributed by atoms with Crippen LogP contribution in [0.15, 0.2) is 36.4 Å². The predicted octanol–water partition coefficient (Wildman–Crippen LogP) is 4.44. The fourth-order valence-corrected chi connectivity index (χ4v) is 2.41. The highest BCUT2D eigenvalue weighted by molar-refractivity contribution is 6.31. The van der Waals surface area contributed by atoms with Gasteiger partial charge in [0.05, 0.1) is 23.4 Å². The molecule has 0 aliphatic rings. The summed E-state index contributed by atoms with van der Waals surface area (Å²) >= 11 is 5.69. The third-order valence-electron chi connectivity index (χ3n) is 3.54. The lowest BCUT2D eigenvalue weighted by Crippen LogP contribution is -2.32. The molecular weight excluding hydrogens is 374 g/mol. The molecule has 0 saturated heterocycles. The van der Waals surface area contributed by atoms with Gasteiger partial charge in [-0.25, -0.2) is 4.39 Å². The number of rotatable bonds is 4. The molecule has 136 valence electrons. The summed E-state index contributed by atoms with van der Waals surface area (Å²) in [6.07, 6.45) is -4.76. The first-order chi connectivity index (χ1) is 12.1. The number of halogens is 5. The molecule has 0 aromatic heterocycles. The second kappa shape index (κ2) is 7.62. The van der Waals surface area contributed by atoms with E-state index in [4.69, 9.17) is 16.9 Å². The summed E-state index contributed by atoms with van der Waals surface area (Å²) in [5.41, 5.74) is -1.64. The van der Waals surface area contributed by atoms with Crippen LogP contribution in [-0.4, -0.2) is 19.5 Å². The maximum atomic E-state index is 13.0. The van der Waals surface area contributed by atoms with Crippen molar-refractivity contribution in [3.05, 3.63) is 58.4 Å². The van der Waals surface area contributed by atoms with Crippen molar-refractivity contribution >= 4 is 28.9 Å². The molecule has 0 spiro atoms. The molecule has 2 aromatic carbocycles. The molecule has 0 heterocycles. The molecule has 0 radical (unpaired) electrons. The van der Waals surface area contributed by atoms with E-state index in [1.807, 2.05) is 0 Å². The molecule has 26 heavy (non-hydrogen) atoms. The lowest BCUT2D eigenvalue weighted by Gasteiger charge is -2.19. The first-order valence-corrected chi connectivity index (χ1v) is 7.58. The highest BCUT2D eigenvalue weighted by Crippen LogP contribution is 2.37. The fourth-order valence-electron chi connectivity index (χ4n) is 2.19. The molecule has 2 aromatic rings. The van der Waals surface area contributed by atoms with Gasteiger partial charge in [-0.15, -0.1) is 0 Å². The van der Waals surface area contributed by atoms with E-state index < -0.39 is 29.0 Å². The number of benzene rings is 2. The average Bonchev–Trinajstić information content (AvgIpc) is 2.58. The number of hydrogen-bond donors (Lipinski definition) is 1. The molecule has 2 rings (SSSR count). The van der Waals surface area contributed by atoms with Gasteiger partial charge < -0.3 is 10.2 Å². The van der Waals surface area contributed by atoms with Crippen LogP contribution in [0, 0.1) is 17.1 Å². The summed E-state index contributed by atoms with van der Waals surface area (Å²) in [4.78, 5) is 13.4. The van der Waals surface area contributed by atoms with Gasteiger partial charge in [-0.05, 0) is 36.4 Å². The average molecular weight is 386 g/mol. The number of nitriles is 1. The first kappa shape index (κ1) is 19.5. The smallest absolute Gasteiger partial charge is 0.375 e. The van der Waals surface area contributed by atoms with Crippen molar-refractivity contribution in [2.24, 2.45) is 0 Å². The largest absolute Gasteiger partial charge is 0.417 e. The van der Waals surface area contributed by atoms with Crippen LogP contribution in [0.4, 0.5) is 28.9 Å². The van der Waals surface area contributed by atoms with Gasteiger partial charge in [0.2, 0.25) is 5.91 Å². The maximum Gasteiger partial charge on any atom is 0.417 e. The summed E-state index contributed by atoms with van der Waals surface area (Å²) in [6.45, 7) is -0.389. The third-order valence-corrected chi connectivity index (χ3v) is 3.76. The number of anilines is 2. The van der Waals surface area contributed by atoms with E-state index in [1.54, 1.807) is 0 Å². The van der Waals surface area contributed by atoms with Crippen molar-refractivity contribution < 1.29 is 22.4 Å². The van der Waals surface area contributed by atoms with Gasteiger partial charge in [0.15, 0.2) is 0 Å². The molecule has 9 heteroatoms. The monoisotopic (exact) mass is 385 g/mol. The zero-order chi connectivity index (χ0) is 19.5. The van der Waals surface area contributed by atoms with E-state index in [0.29, 0.717) is 11.8 Å². The Morgan fingerprint density at radius 2 is 1.88 bits per heavy atom. The summed E-state index contributed by atoms with van der Waals surface area (Å²) < 4.78 is 52.0. The Bertz CT molecular complexity index is 860. The number of hydrogen-bond acceptors (Lipinski definition) is 3. The molecule has 0 saturated carbocycles. The summed E-state index contributed by atoms with van der Waals surface area (Å²) in [5, 5.41) is 11.4. The Morgan fingerprint density at radius 1 is 1.27 bits per heavy atom. The molecule has 4 nitrogen and oxygen atoms in total. The zero-order valence-corrected chi connectivity index (χ0v) is 14.1. The van der Waals surface area contributed by atoms with Crippen LogP contribution in [0.1, 0.15) is 11.1 Å². The number of nitrogens with one attached hydrogen (secondary N) is 1. The minimum atomic E-state index is -4.76. The van der Waals surface area contributed by atoms with Gasteiger partial charge in [-0.2, -0.15) is 18.4 Å². The second-order valence-corrected chi connectivity index (χ2v) is 5.70. The van der Waals surface area contributed by atoms with Gasteiger partial charge in [0, 0.05) is 17.8 Å². The first-order valence-electron chi connectivity index (χ1n) is 7.20. The van der Waals surface area contributed by atoms with E-state index in [9.17, 15) is 22.4 Å². The Labute approximate surface area is 151 Å². The van der Waals surface area contributed by atoms with Crippen LogP contribution in [0.5, 0.6) is 0 Å². The van der Waals surface area contributed by atoms with Crippen LogP contribution in [-0.2, 0) is 11.0 Å². The lowest BCUT2D eigenvalue weighted by molar-refractivity contribution is -0.137. The Balaban J connectivity index is 2.21. The molecule has 0 bridgehead atoms. The van der Waals surface area contributed by atoms with Crippen molar-refractivity contribution in [2.75, 3.05) is 23.8 Å². The molecule has 0 aliphatic carbocycles. The van der Waals surface area contributed by atoms with E-state index >= 15 is 0 Å². The quantitative estimate of drug-likeness (QED) is 0.791. The molecule has 0 atom stereocenters. The van der Waals surface area contributed by atoms with Crippen molar-refractivity contribution in [3.63, 3.8) is 0 Å².